The lowest BCUT2D eigenvalue weighted by Crippen LogP contribution is -2.64. The molecule has 1 aliphatic heterocycles. The van der Waals surface area contributed by atoms with Crippen LogP contribution in [0.5, 0.6) is 5.75 Å². The van der Waals surface area contributed by atoms with Crippen molar-refractivity contribution in [1.29, 1.82) is 0 Å². The van der Waals surface area contributed by atoms with E-state index in [-0.39, 0.29) is 34.1 Å². The second kappa shape index (κ2) is 16.0. The number of fused-ring (bicyclic) bond motifs is 2. The normalized spacial score (nSPS) is 24.8. The molecule has 4 bridgehead atoms. The minimum absolute atomic E-state index is 0.0682. The van der Waals surface area contributed by atoms with Gasteiger partial charge in [-0.25, -0.2) is 14.8 Å². The molecule has 4 aliphatic carbocycles. The molecule has 4 fully saturated rings. The van der Waals surface area contributed by atoms with E-state index in [1.165, 1.54) is 19.3 Å². The van der Waals surface area contributed by atoms with Crippen LogP contribution in [0.2, 0.25) is 0 Å². The second-order valence-corrected chi connectivity index (χ2v) is 20.5. The third-order valence-electron chi connectivity index (χ3n) is 14.1. The van der Waals surface area contributed by atoms with E-state index < -0.39 is 5.97 Å². The maximum Gasteiger partial charge on any atom is 0.358 e. The molecule has 2 atom stereocenters. The first-order chi connectivity index (χ1) is 30.4. The molecule has 2 N–H and O–H groups in total. The number of carbonyl (C=O) groups is 1. The summed E-state index contributed by atoms with van der Waals surface area (Å²) in [4.78, 5) is 26.3. The highest BCUT2D eigenvalue weighted by Crippen LogP contribution is 2.72. The number of aromatic nitrogens is 6. The number of nitrogens with one attached hydrogen (secondary N) is 2. The van der Waals surface area contributed by atoms with Crippen LogP contribution in [-0.4, -0.2) is 75.4 Å². The molecule has 5 aliphatic rings. The minimum atomic E-state index is -0.507. The Labute approximate surface area is 373 Å². The number of rotatable bonds is 14. The van der Waals surface area contributed by atoms with Crippen LogP contribution in [-0.2, 0) is 29.0 Å². The van der Waals surface area contributed by atoms with Gasteiger partial charge in [-0.1, -0.05) is 49.4 Å². The third kappa shape index (κ3) is 7.84. The molecule has 0 saturated heterocycles. The Morgan fingerprint density at radius 1 is 0.905 bits per heavy atom. The van der Waals surface area contributed by atoms with Gasteiger partial charge < -0.3 is 29.7 Å². The number of benzene rings is 2. The number of hydrogen-bond donors (Lipinski definition) is 2. The van der Waals surface area contributed by atoms with E-state index in [9.17, 15) is 4.79 Å². The fourth-order valence-corrected chi connectivity index (χ4v) is 13.4. The lowest BCUT2D eigenvalue weighted by Gasteiger charge is -2.69. The van der Waals surface area contributed by atoms with Gasteiger partial charge in [-0.3, -0.25) is 4.68 Å². The number of carbonyl (C=O) groups excluding carboxylic acids is 1. The smallest absolute Gasteiger partial charge is 0.358 e. The van der Waals surface area contributed by atoms with Gasteiger partial charge in [0.2, 0.25) is 0 Å². The predicted molar refractivity (Wildman–Crippen MR) is 246 cm³/mol. The summed E-state index contributed by atoms with van der Waals surface area (Å²) in [5.41, 5.74) is 7.13. The van der Waals surface area contributed by atoms with E-state index in [1.54, 1.807) is 18.4 Å². The number of methoxy groups -OCH3 is 1. The van der Waals surface area contributed by atoms with Gasteiger partial charge in [-0.15, -0.1) is 10.2 Å². The van der Waals surface area contributed by atoms with Crippen molar-refractivity contribution in [1.82, 2.24) is 35.3 Å². The molecule has 5 heterocycles. The summed E-state index contributed by atoms with van der Waals surface area (Å²) < 4.78 is 21.5. The summed E-state index contributed by atoms with van der Waals surface area (Å²) in [6.45, 7) is 12.3. The van der Waals surface area contributed by atoms with Gasteiger partial charge in [0.25, 0.3) is 0 Å². The SMILES string of the molecule is CNCCOC12CC3(C)CC(C)(CC(Cn4ncc(-c5ccc(N6CCCc7c6nnc(Nc6nc8ccccc8s6)c7C)nc5C(=O)OCc5ccc(OC)cc5)c4C)(C3)C1)C2. The topological polar surface area (TPSA) is 141 Å². The summed E-state index contributed by atoms with van der Waals surface area (Å²) in [6, 6.07) is 19.6. The molecule has 0 radical (unpaired) electrons. The Balaban J connectivity index is 0.969. The van der Waals surface area contributed by atoms with Crippen LogP contribution in [0.4, 0.5) is 22.6 Å². The van der Waals surface area contributed by atoms with Crippen LogP contribution < -0.4 is 20.3 Å². The molecule has 14 heteroatoms. The number of thiazole rings is 1. The van der Waals surface area contributed by atoms with Crippen LogP contribution in [0.15, 0.2) is 66.9 Å². The molecular formula is C49H57N9O4S. The highest BCUT2D eigenvalue weighted by atomic mass is 32.1. The van der Waals surface area contributed by atoms with Crippen LogP contribution >= 0.6 is 11.3 Å². The molecule has 2 unspecified atom stereocenters. The van der Waals surface area contributed by atoms with Crippen molar-refractivity contribution in [2.24, 2.45) is 16.2 Å². The average Bonchev–Trinajstić information content (AvgIpc) is 3.83. The molecule has 13 nitrogen and oxygen atoms in total. The lowest BCUT2D eigenvalue weighted by molar-refractivity contribution is -0.247. The number of pyridine rings is 1. The summed E-state index contributed by atoms with van der Waals surface area (Å²) >= 11 is 1.59. The zero-order chi connectivity index (χ0) is 43.6. The Morgan fingerprint density at radius 2 is 1.70 bits per heavy atom. The van der Waals surface area contributed by atoms with Gasteiger partial charge in [-0.2, -0.15) is 5.10 Å². The lowest BCUT2D eigenvalue weighted by atomic mass is 9.39. The first kappa shape index (κ1) is 41.6. The standard InChI is InChI=1S/C49H57N9O4S/c1-31-35-10-9-20-57(43(35)56-55-42(31)54-45-52-38-11-7-8-12-39(38)63-45)40-18-17-36(41(53-40)44(59)61-23-33-13-15-34(60-6)16-14-33)37-22-51-58(32(37)2)30-48-25-46(3)24-47(4,26-48)28-49(27-46,29-48)62-21-19-50-5/h7-8,11-18,22,50H,9-10,19-21,23-30H2,1-6H3,(H,52,54,55). The Kier molecular flexibility index (Phi) is 10.5. The van der Waals surface area contributed by atoms with E-state index in [4.69, 9.17) is 34.4 Å². The van der Waals surface area contributed by atoms with Gasteiger partial charge >= 0.3 is 5.97 Å². The fourth-order valence-electron chi connectivity index (χ4n) is 12.6. The van der Waals surface area contributed by atoms with Crippen molar-refractivity contribution in [2.45, 2.75) is 97.8 Å². The molecule has 63 heavy (non-hydrogen) atoms. The molecule has 328 valence electrons. The number of para-hydroxylation sites is 1. The van der Waals surface area contributed by atoms with E-state index in [0.29, 0.717) is 23.7 Å². The zero-order valence-corrected chi connectivity index (χ0v) is 38.0. The summed E-state index contributed by atoms with van der Waals surface area (Å²) in [5.74, 6) is 2.26. The summed E-state index contributed by atoms with van der Waals surface area (Å²) in [7, 11) is 3.62. The van der Waals surface area contributed by atoms with E-state index in [0.717, 1.165) is 107 Å². The highest BCUT2D eigenvalue weighted by Gasteiger charge is 2.66. The fraction of sp³-hybridized carbons (Fsp3) is 0.469. The van der Waals surface area contributed by atoms with Crippen molar-refractivity contribution in [2.75, 3.05) is 44.1 Å². The quantitative estimate of drug-likeness (QED) is 0.0796. The number of hydrogen-bond acceptors (Lipinski definition) is 13. The van der Waals surface area contributed by atoms with Gasteiger partial charge in [-0.05, 0) is 130 Å². The van der Waals surface area contributed by atoms with Crippen LogP contribution in [0, 0.1) is 30.1 Å². The average molecular weight is 868 g/mol. The molecule has 11 rings (SSSR count). The monoisotopic (exact) mass is 867 g/mol. The van der Waals surface area contributed by atoms with Gasteiger partial charge in [0, 0.05) is 47.6 Å². The van der Waals surface area contributed by atoms with E-state index in [2.05, 4.69) is 59.1 Å². The van der Waals surface area contributed by atoms with Gasteiger partial charge in [0.15, 0.2) is 22.5 Å². The molecule has 0 spiro atoms. The maximum absolute atomic E-state index is 14.4. The second-order valence-electron chi connectivity index (χ2n) is 19.5. The number of anilines is 4. The van der Waals surface area contributed by atoms with Crippen LogP contribution in [0.3, 0.4) is 0 Å². The van der Waals surface area contributed by atoms with Crippen molar-refractivity contribution in [3.63, 3.8) is 0 Å². The van der Waals surface area contributed by atoms with Crippen molar-refractivity contribution in [3.8, 4) is 16.9 Å². The first-order valence-corrected chi connectivity index (χ1v) is 23.1. The Hall–Kier alpha value is -5.44. The number of nitrogens with zero attached hydrogens (tertiary/aromatic N) is 7. The molecule has 6 aromatic rings. The van der Waals surface area contributed by atoms with Crippen molar-refractivity contribution >= 4 is 50.1 Å². The van der Waals surface area contributed by atoms with Crippen molar-refractivity contribution < 1.29 is 19.0 Å². The van der Waals surface area contributed by atoms with Gasteiger partial charge in [0.1, 0.15) is 18.2 Å². The van der Waals surface area contributed by atoms with Gasteiger partial charge in [0.05, 0.1) is 35.7 Å². The van der Waals surface area contributed by atoms with E-state index >= 15 is 0 Å². The Morgan fingerprint density at radius 3 is 2.46 bits per heavy atom. The summed E-state index contributed by atoms with van der Waals surface area (Å²) in [6.07, 6.45) is 10.5. The highest BCUT2D eigenvalue weighted by molar-refractivity contribution is 7.22. The maximum atomic E-state index is 14.4. The zero-order valence-electron chi connectivity index (χ0n) is 37.2. The number of esters is 1. The number of likely N-dealkylation sites (N-methyl/N-ethyl adjacent to an activating group) is 1. The summed E-state index contributed by atoms with van der Waals surface area (Å²) in [5, 5.41) is 22.0. The molecule has 4 saturated carbocycles. The third-order valence-corrected chi connectivity index (χ3v) is 15.0. The number of ether oxygens (including phenoxy) is 3. The predicted octanol–water partition coefficient (Wildman–Crippen LogP) is 9.51. The molecule has 4 aromatic heterocycles. The van der Waals surface area contributed by atoms with Crippen LogP contribution in [0.25, 0.3) is 21.3 Å². The van der Waals surface area contributed by atoms with E-state index in [1.807, 2.05) is 67.8 Å². The van der Waals surface area contributed by atoms with Crippen LogP contribution in [0.1, 0.15) is 91.7 Å². The van der Waals surface area contributed by atoms with Crippen molar-refractivity contribution in [3.05, 3.63) is 94.9 Å². The molecule has 2 aromatic carbocycles. The first-order valence-electron chi connectivity index (χ1n) is 22.3. The largest absolute Gasteiger partial charge is 0.497 e. The minimum Gasteiger partial charge on any atom is -0.497 e. The Bertz CT molecular complexity index is 2640. The molecule has 0 amide bonds. The molecular weight excluding hydrogens is 811 g/mol.